The smallest absolute Gasteiger partial charge is 0.0554 e. The van der Waals surface area contributed by atoms with Crippen molar-refractivity contribution in [2.24, 2.45) is 5.73 Å². The Hall–Kier alpha value is -0.830. The van der Waals surface area contributed by atoms with Crippen molar-refractivity contribution in [2.45, 2.75) is 13.0 Å². The lowest BCUT2D eigenvalue weighted by molar-refractivity contribution is 0.861. The Morgan fingerprint density at radius 1 is 1.12 bits per heavy atom. The van der Waals surface area contributed by atoms with Crippen molar-refractivity contribution in [3.05, 3.63) is 68.7 Å². The van der Waals surface area contributed by atoms with Gasteiger partial charge in [-0.25, -0.2) is 0 Å². The van der Waals surface area contributed by atoms with Gasteiger partial charge in [-0.1, -0.05) is 45.7 Å². The number of hydrogen-bond donors (Lipinski definition) is 1. The number of benzene rings is 2. The third-order valence-corrected chi connectivity index (χ3v) is 3.55. The largest absolute Gasteiger partial charge is 0.320 e. The Balaban J connectivity index is 2.39. The van der Waals surface area contributed by atoms with Crippen molar-refractivity contribution in [2.75, 3.05) is 0 Å². The van der Waals surface area contributed by atoms with Crippen LogP contribution in [0, 0.1) is 6.92 Å². The zero-order chi connectivity index (χ0) is 12.4. The third kappa shape index (κ3) is 2.89. The highest BCUT2D eigenvalue weighted by molar-refractivity contribution is 9.10. The second kappa shape index (κ2) is 5.21. The predicted molar refractivity (Wildman–Crippen MR) is 76.4 cm³/mol. The lowest BCUT2D eigenvalue weighted by Crippen LogP contribution is -2.13. The third-order valence-electron chi connectivity index (χ3n) is 2.81. The van der Waals surface area contributed by atoms with Crippen molar-refractivity contribution in [1.82, 2.24) is 0 Å². The highest BCUT2D eigenvalue weighted by atomic mass is 79.9. The van der Waals surface area contributed by atoms with E-state index in [1.165, 1.54) is 5.56 Å². The van der Waals surface area contributed by atoms with Crippen LogP contribution in [0.15, 0.2) is 46.9 Å². The first-order valence-electron chi connectivity index (χ1n) is 5.35. The van der Waals surface area contributed by atoms with Gasteiger partial charge in [0.05, 0.1) is 6.04 Å². The van der Waals surface area contributed by atoms with Crippen LogP contribution < -0.4 is 5.73 Å². The summed E-state index contributed by atoms with van der Waals surface area (Å²) in [6, 6.07) is 13.7. The molecule has 88 valence electrons. The molecule has 2 aromatic carbocycles. The van der Waals surface area contributed by atoms with Gasteiger partial charge in [0.25, 0.3) is 0 Å². The molecule has 0 aromatic heterocycles. The van der Waals surface area contributed by atoms with E-state index in [-0.39, 0.29) is 6.04 Å². The molecule has 1 nitrogen and oxygen atoms in total. The number of hydrogen-bond acceptors (Lipinski definition) is 1. The van der Waals surface area contributed by atoms with Crippen molar-refractivity contribution < 1.29 is 0 Å². The Kier molecular flexibility index (Phi) is 3.87. The summed E-state index contributed by atoms with van der Waals surface area (Å²) in [7, 11) is 0. The lowest BCUT2D eigenvalue weighted by atomic mass is 9.96. The molecule has 0 aliphatic carbocycles. The average Bonchev–Trinajstić information content (AvgIpc) is 2.32. The molecule has 1 atom stereocenters. The van der Waals surface area contributed by atoms with Gasteiger partial charge in [-0.15, -0.1) is 0 Å². The van der Waals surface area contributed by atoms with Gasteiger partial charge in [0.2, 0.25) is 0 Å². The van der Waals surface area contributed by atoms with Gasteiger partial charge in [0, 0.05) is 9.50 Å². The molecule has 0 aliphatic heterocycles. The Bertz CT molecular complexity index is 522. The van der Waals surface area contributed by atoms with E-state index in [1.54, 1.807) is 0 Å². The van der Waals surface area contributed by atoms with Gasteiger partial charge in [0.15, 0.2) is 0 Å². The predicted octanol–water partition coefficient (Wildman–Crippen LogP) is 4.46. The van der Waals surface area contributed by atoms with E-state index in [0.29, 0.717) is 0 Å². The second-order valence-corrected chi connectivity index (χ2v) is 5.38. The summed E-state index contributed by atoms with van der Waals surface area (Å²) >= 11 is 9.34. The molecule has 0 fully saturated rings. The zero-order valence-corrected chi connectivity index (χ0v) is 11.8. The fraction of sp³-hybridized carbons (Fsp3) is 0.143. The van der Waals surface area contributed by atoms with E-state index >= 15 is 0 Å². The molecule has 2 aromatic rings. The molecule has 2 N–H and O–H groups in total. The molecule has 0 saturated heterocycles. The number of aryl methyl sites for hydroxylation is 1. The number of rotatable bonds is 2. The van der Waals surface area contributed by atoms with Crippen LogP contribution in [0.4, 0.5) is 0 Å². The first-order valence-corrected chi connectivity index (χ1v) is 6.52. The van der Waals surface area contributed by atoms with Crippen LogP contribution in [0.5, 0.6) is 0 Å². The van der Waals surface area contributed by atoms with Crippen LogP contribution in [0.2, 0.25) is 5.02 Å². The van der Waals surface area contributed by atoms with E-state index in [9.17, 15) is 0 Å². The summed E-state index contributed by atoms with van der Waals surface area (Å²) in [4.78, 5) is 0. The minimum Gasteiger partial charge on any atom is -0.320 e. The first-order chi connectivity index (χ1) is 8.08. The maximum absolute atomic E-state index is 6.27. The maximum atomic E-state index is 6.27. The Morgan fingerprint density at radius 3 is 2.41 bits per heavy atom. The lowest BCUT2D eigenvalue weighted by Gasteiger charge is -2.15. The van der Waals surface area contributed by atoms with Crippen molar-refractivity contribution in [1.29, 1.82) is 0 Å². The van der Waals surface area contributed by atoms with Crippen molar-refractivity contribution >= 4 is 27.5 Å². The summed E-state index contributed by atoms with van der Waals surface area (Å²) in [6.45, 7) is 2.07. The Labute approximate surface area is 115 Å². The van der Waals surface area contributed by atoms with E-state index < -0.39 is 0 Å². The number of halogens is 2. The van der Waals surface area contributed by atoms with E-state index in [2.05, 4.69) is 35.0 Å². The van der Waals surface area contributed by atoms with Crippen LogP contribution in [-0.2, 0) is 0 Å². The molecule has 0 radical (unpaired) electrons. The highest BCUT2D eigenvalue weighted by Gasteiger charge is 2.11. The van der Waals surface area contributed by atoms with Gasteiger partial charge < -0.3 is 5.73 Å². The van der Waals surface area contributed by atoms with Gasteiger partial charge in [-0.3, -0.25) is 0 Å². The molecular weight excluding hydrogens is 298 g/mol. The minimum absolute atomic E-state index is 0.121. The molecule has 0 spiro atoms. The van der Waals surface area contributed by atoms with E-state index in [0.717, 1.165) is 20.6 Å². The molecule has 0 aliphatic rings. The topological polar surface area (TPSA) is 26.0 Å². The molecule has 1 unspecified atom stereocenters. The Morgan fingerprint density at radius 2 is 1.76 bits per heavy atom. The zero-order valence-electron chi connectivity index (χ0n) is 9.45. The molecule has 0 bridgehead atoms. The molecule has 0 heterocycles. The molecular formula is C14H13BrClN. The molecule has 17 heavy (non-hydrogen) atoms. The van der Waals surface area contributed by atoms with Crippen molar-refractivity contribution in [3.8, 4) is 0 Å². The summed E-state index contributed by atoms with van der Waals surface area (Å²) in [5.74, 6) is 0. The van der Waals surface area contributed by atoms with E-state index in [4.69, 9.17) is 17.3 Å². The van der Waals surface area contributed by atoms with Gasteiger partial charge in [-0.2, -0.15) is 0 Å². The van der Waals surface area contributed by atoms with Crippen LogP contribution in [0.3, 0.4) is 0 Å². The fourth-order valence-corrected chi connectivity index (χ4v) is 2.30. The maximum Gasteiger partial charge on any atom is 0.0554 e. The van der Waals surface area contributed by atoms with Crippen LogP contribution in [-0.4, -0.2) is 0 Å². The van der Waals surface area contributed by atoms with Gasteiger partial charge in [-0.05, 0) is 47.9 Å². The second-order valence-electron chi connectivity index (χ2n) is 4.03. The van der Waals surface area contributed by atoms with Gasteiger partial charge in [0.1, 0.15) is 0 Å². The molecule has 2 rings (SSSR count). The van der Waals surface area contributed by atoms with Crippen LogP contribution in [0.1, 0.15) is 22.7 Å². The molecule has 0 saturated carbocycles. The normalized spacial score (nSPS) is 12.5. The monoisotopic (exact) mass is 309 g/mol. The quantitative estimate of drug-likeness (QED) is 0.871. The molecule has 3 heteroatoms. The average molecular weight is 311 g/mol. The summed E-state index contributed by atoms with van der Waals surface area (Å²) in [5, 5.41) is 0.729. The SMILES string of the molecule is Cc1ccc(Br)cc1C(N)c1ccc(Cl)cc1. The minimum atomic E-state index is -0.121. The van der Waals surface area contributed by atoms with E-state index in [1.807, 2.05) is 30.3 Å². The standard InChI is InChI=1S/C14H13BrClN/c1-9-2-5-11(15)8-13(9)14(17)10-3-6-12(16)7-4-10/h2-8,14H,17H2,1H3. The summed E-state index contributed by atoms with van der Waals surface area (Å²) in [6.07, 6.45) is 0. The number of nitrogens with two attached hydrogens (primary N) is 1. The first kappa shape index (κ1) is 12.6. The van der Waals surface area contributed by atoms with Crippen LogP contribution in [0.25, 0.3) is 0 Å². The fourth-order valence-electron chi connectivity index (χ4n) is 1.80. The van der Waals surface area contributed by atoms with Crippen LogP contribution >= 0.6 is 27.5 Å². The summed E-state index contributed by atoms with van der Waals surface area (Å²) < 4.78 is 1.04. The summed E-state index contributed by atoms with van der Waals surface area (Å²) in [5.41, 5.74) is 9.65. The van der Waals surface area contributed by atoms with Crippen molar-refractivity contribution in [3.63, 3.8) is 0 Å². The highest BCUT2D eigenvalue weighted by Crippen LogP contribution is 2.26. The van der Waals surface area contributed by atoms with Gasteiger partial charge >= 0.3 is 0 Å². The molecule has 0 amide bonds.